The molecule has 0 aliphatic carbocycles. The minimum atomic E-state index is -5.54. The number of nitrogens with zero attached hydrogens (tertiary/aromatic N) is 1. The maximum absolute atomic E-state index is 12.2. The molecule has 0 aromatic rings. The minimum absolute atomic E-state index is 0.0187. The predicted octanol–water partition coefficient (Wildman–Crippen LogP) is 1.49. The van der Waals surface area contributed by atoms with E-state index in [-0.39, 0.29) is 13.1 Å². The number of halogens is 6. The standard InChI is InChI=1S/C8H6F6N2O2/c9-7(10,11)4(17)3(5(18)8(12,13)14)6-15-1-2-16-6/h17H,1-2H2,(H,15,16)/b4-3+. The van der Waals surface area contributed by atoms with Gasteiger partial charge >= 0.3 is 12.4 Å². The Balaban J connectivity index is 3.32. The molecule has 0 saturated carbocycles. The summed E-state index contributed by atoms with van der Waals surface area (Å²) in [6.07, 6.45) is -11.0. The van der Waals surface area contributed by atoms with Crippen LogP contribution in [0.3, 0.4) is 0 Å². The molecule has 0 saturated heterocycles. The summed E-state index contributed by atoms with van der Waals surface area (Å²) in [6, 6.07) is 0. The van der Waals surface area contributed by atoms with E-state index in [0.29, 0.717) is 0 Å². The number of aliphatic hydroxyl groups is 1. The minimum Gasteiger partial charge on any atom is -0.504 e. The Morgan fingerprint density at radius 1 is 1.17 bits per heavy atom. The van der Waals surface area contributed by atoms with E-state index in [1.54, 1.807) is 0 Å². The first-order chi connectivity index (χ1) is 8.05. The molecule has 0 aromatic carbocycles. The molecule has 2 N–H and O–H groups in total. The van der Waals surface area contributed by atoms with Crippen molar-refractivity contribution in [2.45, 2.75) is 12.4 Å². The third-order valence-corrected chi connectivity index (χ3v) is 1.90. The number of allylic oxidation sites excluding steroid dienone is 1. The summed E-state index contributed by atoms with van der Waals surface area (Å²) >= 11 is 0. The summed E-state index contributed by atoms with van der Waals surface area (Å²) in [5, 5.41) is 10.8. The molecule has 102 valence electrons. The molecule has 10 heteroatoms. The first kappa shape index (κ1) is 14.3. The molecule has 1 rings (SSSR count). The zero-order chi connectivity index (χ0) is 14.1. The van der Waals surface area contributed by atoms with Crippen molar-refractivity contribution in [2.75, 3.05) is 13.1 Å². The van der Waals surface area contributed by atoms with E-state index < -0.39 is 35.3 Å². The van der Waals surface area contributed by atoms with Gasteiger partial charge in [-0.15, -0.1) is 0 Å². The van der Waals surface area contributed by atoms with Gasteiger partial charge in [-0.2, -0.15) is 26.3 Å². The molecule has 0 bridgehead atoms. The number of hydrogen-bond donors (Lipinski definition) is 2. The molecule has 0 atom stereocenters. The average molecular weight is 276 g/mol. The Bertz CT molecular complexity index is 420. The largest absolute Gasteiger partial charge is 0.504 e. The van der Waals surface area contributed by atoms with E-state index in [1.807, 2.05) is 0 Å². The van der Waals surface area contributed by atoms with Crippen LogP contribution in [0.25, 0.3) is 0 Å². The average Bonchev–Trinajstić information content (AvgIpc) is 2.68. The van der Waals surface area contributed by atoms with Gasteiger partial charge < -0.3 is 10.4 Å². The van der Waals surface area contributed by atoms with Gasteiger partial charge in [0.25, 0.3) is 5.78 Å². The third-order valence-electron chi connectivity index (χ3n) is 1.90. The Morgan fingerprint density at radius 3 is 2.06 bits per heavy atom. The Kier molecular flexibility index (Phi) is 3.58. The topological polar surface area (TPSA) is 61.7 Å². The molecule has 4 nitrogen and oxygen atoms in total. The summed E-state index contributed by atoms with van der Waals surface area (Å²) in [6.45, 7) is -0.107. The van der Waals surface area contributed by atoms with E-state index in [9.17, 15) is 31.1 Å². The normalized spacial score (nSPS) is 18.0. The number of amidine groups is 1. The van der Waals surface area contributed by atoms with Crippen molar-refractivity contribution >= 4 is 11.6 Å². The summed E-state index contributed by atoms with van der Waals surface area (Å²) in [5.41, 5.74) is -1.91. The summed E-state index contributed by atoms with van der Waals surface area (Å²) in [7, 11) is 0. The number of aliphatic hydroxyl groups excluding tert-OH is 1. The van der Waals surface area contributed by atoms with E-state index in [0.717, 1.165) is 0 Å². The van der Waals surface area contributed by atoms with Crippen LogP contribution in [0, 0.1) is 0 Å². The van der Waals surface area contributed by atoms with Gasteiger partial charge in [-0.3, -0.25) is 9.79 Å². The fraction of sp³-hybridized carbons (Fsp3) is 0.500. The van der Waals surface area contributed by atoms with Gasteiger partial charge in [0.2, 0.25) is 5.76 Å². The maximum atomic E-state index is 12.2. The molecule has 1 heterocycles. The lowest BCUT2D eigenvalue weighted by Gasteiger charge is -2.14. The highest BCUT2D eigenvalue weighted by molar-refractivity contribution is 6.24. The van der Waals surface area contributed by atoms with Crippen LogP contribution < -0.4 is 5.32 Å². The van der Waals surface area contributed by atoms with Crippen LogP contribution >= 0.6 is 0 Å². The molecule has 0 unspecified atom stereocenters. The molecule has 1 aliphatic heterocycles. The van der Waals surface area contributed by atoms with Crippen LogP contribution in [0.1, 0.15) is 0 Å². The van der Waals surface area contributed by atoms with Gasteiger partial charge in [-0.1, -0.05) is 0 Å². The van der Waals surface area contributed by atoms with E-state index in [1.165, 1.54) is 0 Å². The zero-order valence-electron chi connectivity index (χ0n) is 8.48. The number of nitrogens with one attached hydrogen (secondary N) is 1. The second-order valence-corrected chi connectivity index (χ2v) is 3.21. The second-order valence-electron chi connectivity index (χ2n) is 3.21. The highest BCUT2D eigenvalue weighted by Gasteiger charge is 2.49. The molecule has 0 radical (unpaired) electrons. The van der Waals surface area contributed by atoms with Crippen molar-refractivity contribution in [3.8, 4) is 0 Å². The second kappa shape index (κ2) is 4.50. The van der Waals surface area contributed by atoms with Crippen LogP contribution in [0.15, 0.2) is 16.3 Å². The number of rotatable bonds is 2. The van der Waals surface area contributed by atoms with E-state index in [4.69, 9.17) is 5.11 Å². The first-order valence-electron chi connectivity index (χ1n) is 4.46. The zero-order valence-corrected chi connectivity index (χ0v) is 8.48. The lowest BCUT2D eigenvalue weighted by atomic mass is 10.1. The van der Waals surface area contributed by atoms with E-state index >= 15 is 0 Å². The third kappa shape index (κ3) is 2.93. The molecule has 0 amide bonds. The van der Waals surface area contributed by atoms with Crippen LogP contribution in [-0.4, -0.2) is 42.2 Å². The van der Waals surface area contributed by atoms with Gasteiger partial charge in [0.1, 0.15) is 11.4 Å². The predicted molar refractivity (Wildman–Crippen MR) is 47.1 cm³/mol. The number of carbonyl (C=O) groups is 1. The highest BCUT2D eigenvalue weighted by Crippen LogP contribution is 2.30. The van der Waals surface area contributed by atoms with Gasteiger partial charge in [-0.05, 0) is 0 Å². The molecular formula is C8H6F6N2O2. The Hall–Kier alpha value is -1.74. The van der Waals surface area contributed by atoms with Crippen LogP contribution in [0.5, 0.6) is 0 Å². The fourth-order valence-electron chi connectivity index (χ4n) is 1.18. The molecule has 0 fully saturated rings. The van der Waals surface area contributed by atoms with E-state index in [2.05, 4.69) is 10.3 Å². The molecular weight excluding hydrogens is 270 g/mol. The number of alkyl halides is 6. The summed E-state index contributed by atoms with van der Waals surface area (Å²) < 4.78 is 73.0. The lowest BCUT2D eigenvalue weighted by molar-refractivity contribution is -0.167. The molecule has 18 heavy (non-hydrogen) atoms. The molecule has 0 spiro atoms. The summed E-state index contributed by atoms with van der Waals surface area (Å²) in [4.78, 5) is 14.1. The van der Waals surface area contributed by atoms with Crippen molar-refractivity contribution in [1.82, 2.24) is 5.32 Å². The Labute approximate surface area is 96.0 Å². The van der Waals surface area contributed by atoms with Crippen LogP contribution in [0.2, 0.25) is 0 Å². The van der Waals surface area contributed by atoms with Crippen LogP contribution in [-0.2, 0) is 4.79 Å². The van der Waals surface area contributed by atoms with Crippen LogP contribution in [0.4, 0.5) is 26.3 Å². The van der Waals surface area contributed by atoms with Crippen molar-refractivity contribution in [1.29, 1.82) is 0 Å². The number of aliphatic imine (C=N–C) groups is 1. The molecule has 0 aromatic heterocycles. The SMILES string of the molecule is O=C(/C(C1=NCCN1)=C(\O)C(F)(F)F)C(F)(F)F. The monoisotopic (exact) mass is 276 g/mol. The lowest BCUT2D eigenvalue weighted by Crippen LogP contribution is -2.36. The number of carbonyl (C=O) groups excluding carboxylic acids is 1. The smallest absolute Gasteiger partial charge is 0.455 e. The first-order valence-corrected chi connectivity index (χ1v) is 4.46. The number of Topliss-reactive ketones (excluding diaryl/α,β-unsaturated/α-hetero) is 1. The summed E-state index contributed by atoms with van der Waals surface area (Å²) in [5.74, 6) is -6.32. The maximum Gasteiger partial charge on any atom is 0.455 e. The van der Waals surface area contributed by atoms with Crippen molar-refractivity contribution in [2.24, 2.45) is 4.99 Å². The van der Waals surface area contributed by atoms with Gasteiger partial charge in [0, 0.05) is 6.54 Å². The van der Waals surface area contributed by atoms with Crippen molar-refractivity contribution in [3.05, 3.63) is 11.3 Å². The van der Waals surface area contributed by atoms with Gasteiger partial charge in [-0.25, -0.2) is 0 Å². The highest BCUT2D eigenvalue weighted by atomic mass is 19.4. The van der Waals surface area contributed by atoms with Gasteiger partial charge in [0.15, 0.2) is 0 Å². The number of hydrogen-bond acceptors (Lipinski definition) is 4. The fourth-order valence-corrected chi connectivity index (χ4v) is 1.18. The molecule has 1 aliphatic rings. The Morgan fingerprint density at radius 2 is 1.72 bits per heavy atom. The van der Waals surface area contributed by atoms with Gasteiger partial charge in [0.05, 0.1) is 6.54 Å². The van der Waals surface area contributed by atoms with Crippen molar-refractivity contribution in [3.63, 3.8) is 0 Å². The van der Waals surface area contributed by atoms with Crippen molar-refractivity contribution < 1.29 is 36.2 Å². The number of ketones is 1. The quantitative estimate of drug-likeness (QED) is 0.456.